The van der Waals surface area contributed by atoms with Crippen LogP contribution in [0.5, 0.6) is 5.75 Å². The molecule has 0 spiro atoms. The molecule has 0 atom stereocenters. The van der Waals surface area contributed by atoms with Crippen LogP contribution in [0, 0.1) is 17.3 Å². The van der Waals surface area contributed by atoms with E-state index in [0.29, 0.717) is 31.1 Å². The average Bonchev–Trinajstić information content (AvgIpc) is 3.08. The Morgan fingerprint density at radius 2 is 1.97 bits per heavy atom. The van der Waals surface area contributed by atoms with E-state index in [9.17, 15) is 13.6 Å². The monoisotopic (exact) mass is 496 g/mol. The summed E-state index contributed by atoms with van der Waals surface area (Å²) in [5, 5.41) is 7.40. The summed E-state index contributed by atoms with van der Waals surface area (Å²) in [6, 6.07) is 1.56. The first-order valence-corrected chi connectivity index (χ1v) is 12.3. The Bertz CT molecular complexity index is 996. The molecule has 1 amide bonds. The van der Waals surface area contributed by atoms with Crippen molar-refractivity contribution in [1.82, 2.24) is 20.1 Å². The van der Waals surface area contributed by atoms with Crippen molar-refractivity contribution >= 4 is 17.5 Å². The smallest absolute Gasteiger partial charge is 0.387 e. The average molecular weight is 497 g/mol. The molecular formula is C25H35ClF2N4O2. The van der Waals surface area contributed by atoms with Crippen molar-refractivity contribution in [3.8, 4) is 17.1 Å². The van der Waals surface area contributed by atoms with E-state index in [0.717, 1.165) is 24.3 Å². The van der Waals surface area contributed by atoms with Gasteiger partial charge in [0.05, 0.1) is 0 Å². The maximum absolute atomic E-state index is 13.2. The molecule has 9 heteroatoms. The van der Waals surface area contributed by atoms with Gasteiger partial charge in [-0.25, -0.2) is 0 Å². The fourth-order valence-corrected chi connectivity index (χ4v) is 4.76. The largest absolute Gasteiger partial charge is 0.432 e. The highest BCUT2D eigenvalue weighted by atomic mass is 35.5. The summed E-state index contributed by atoms with van der Waals surface area (Å²) in [4.78, 5) is 17.3. The standard InChI is InChI=1S/C25H35ClF2N4O2/c1-6-32-22(20-18(34-24(27)28)11-17(14-29-20)12-25(3,4)5)19(26)21(31-32)23(33)30-13-16-9-7-15(2)8-10-16/h11,14-16,24H,6-10,12-13H2,1-5H3,(H,30,33). The maximum atomic E-state index is 13.2. The van der Waals surface area contributed by atoms with Gasteiger partial charge >= 0.3 is 6.61 Å². The van der Waals surface area contributed by atoms with Gasteiger partial charge < -0.3 is 10.1 Å². The van der Waals surface area contributed by atoms with Crippen LogP contribution in [0.4, 0.5) is 8.78 Å². The third kappa shape index (κ3) is 6.68. The Labute approximate surface area is 205 Å². The molecule has 6 nitrogen and oxygen atoms in total. The number of nitrogens with zero attached hydrogens (tertiary/aromatic N) is 3. The van der Waals surface area contributed by atoms with Crippen molar-refractivity contribution in [2.75, 3.05) is 6.54 Å². The third-order valence-electron chi connectivity index (χ3n) is 6.18. The number of amides is 1. The van der Waals surface area contributed by atoms with E-state index >= 15 is 0 Å². The molecule has 0 aromatic carbocycles. The van der Waals surface area contributed by atoms with Crippen LogP contribution in [-0.4, -0.2) is 33.8 Å². The van der Waals surface area contributed by atoms with E-state index in [1.54, 1.807) is 12.3 Å². The molecule has 0 unspecified atom stereocenters. The van der Waals surface area contributed by atoms with Crippen molar-refractivity contribution < 1.29 is 18.3 Å². The van der Waals surface area contributed by atoms with E-state index in [-0.39, 0.29) is 33.5 Å². The maximum Gasteiger partial charge on any atom is 0.387 e. The quantitative estimate of drug-likeness (QED) is 0.461. The molecule has 34 heavy (non-hydrogen) atoms. The molecule has 2 heterocycles. The Morgan fingerprint density at radius 3 is 2.56 bits per heavy atom. The van der Waals surface area contributed by atoms with Crippen LogP contribution in [0.25, 0.3) is 11.4 Å². The third-order valence-corrected chi connectivity index (χ3v) is 6.54. The van der Waals surface area contributed by atoms with Crippen LogP contribution in [-0.2, 0) is 13.0 Å². The number of aromatic nitrogens is 3. The number of hydrogen-bond acceptors (Lipinski definition) is 4. The summed E-state index contributed by atoms with van der Waals surface area (Å²) in [6.45, 7) is 8.16. The number of carbonyl (C=O) groups excluding carboxylic acids is 1. The highest BCUT2D eigenvalue weighted by Crippen LogP contribution is 2.37. The highest BCUT2D eigenvalue weighted by Gasteiger charge is 2.28. The van der Waals surface area contributed by atoms with E-state index in [2.05, 4.69) is 43.1 Å². The summed E-state index contributed by atoms with van der Waals surface area (Å²) in [6.07, 6.45) is 6.77. The van der Waals surface area contributed by atoms with Gasteiger partial charge in [-0.05, 0) is 55.1 Å². The number of ether oxygens (including phenoxy) is 1. The molecule has 1 saturated carbocycles. The Balaban J connectivity index is 1.89. The van der Waals surface area contributed by atoms with Crippen molar-refractivity contribution in [3.05, 3.63) is 28.5 Å². The topological polar surface area (TPSA) is 69.0 Å². The summed E-state index contributed by atoms with van der Waals surface area (Å²) >= 11 is 6.61. The zero-order chi connectivity index (χ0) is 25.0. The van der Waals surface area contributed by atoms with Crippen LogP contribution >= 0.6 is 11.6 Å². The second kappa shape index (κ2) is 11.0. The Morgan fingerprint density at radius 1 is 1.29 bits per heavy atom. The SMILES string of the molecule is CCn1nc(C(=O)NCC2CCC(C)CC2)c(Cl)c1-c1ncc(CC(C)(C)C)cc1OC(F)F. The number of hydrogen-bond donors (Lipinski definition) is 1. The minimum absolute atomic E-state index is 0.0598. The molecule has 1 fully saturated rings. The van der Waals surface area contributed by atoms with Crippen molar-refractivity contribution in [3.63, 3.8) is 0 Å². The molecule has 0 radical (unpaired) electrons. The van der Waals surface area contributed by atoms with Crippen LogP contribution in [0.15, 0.2) is 12.3 Å². The zero-order valence-corrected chi connectivity index (χ0v) is 21.4. The summed E-state index contributed by atoms with van der Waals surface area (Å²) < 4.78 is 32.8. The van der Waals surface area contributed by atoms with Gasteiger partial charge in [-0.2, -0.15) is 13.9 Å². The first-order valence-electron chi connectivity index (χ1n) is 12.0. The lowest BCUT2D eigenvalue weighted by Gasteiger charge is -2.26. The predicted octanol–water partition coefficient (Wildman–Crippen LogP) is 6.36. The first kappa shape index (κ1) is 26.4. The van der Waals surface area contributed by atoms with Crippen LogP contribution in [0.2, 0.25) is 5.02 Å². The van der Waals surface area contributed by atoms with Crippen molar-refractivity contribution in [2.24, 2.45) is 17.3 Å². The molecule has 2 aromatic rings. The van der Waals surface area contributed by atoms with Crippen LogP contribution in [0.1, 0.15) is 76.4 Å². The van der Waals surface area contributed by atoms with Crippen molar-refractivity contribution in [1.29, 1.82) is 0 Å². The van der Waals surface area contributed by atoms with Crippen LogP contribution in [0.3, 0.4) is 0 Å². The van der Waals surface area contributed by atoms with Gasteiger partial charge in [0.15, 0.2) is 11.4 Å². The second-order valence-electron chi connectivity index (χ2n) is 10.5. The van der Waals surface area contributed by atoms with E-state index < -0.39 is 6.61 Å². The van der Waals surface area contributed by atoms with Crippen molar-refractivity contribution in [2.45, 2.75) is 79.9 Å². The molecule has 1 N–H and O–H groups in total. The lowest BCUT2D eigenvalue weighted by molar-refractivity contribution is -0.0497. The van der Waals surface area contributed by atoms with Gasteiger partial charge in [0, 0.05) is 19.3 Å². The number of nitrogens with one attached hydrogen (secondary N) is 1. The minimum Gasteiger partial charge on any atom is -0.432 e. The highest BCUT2D eigenvalue weighted by molar-refractivity contribution is 6.36. The summed E-state index contributed by atoms with van der Waals surface area (Å²) in [7, 11) is 0. The van der Waals surface area contributed by atoms with Gasteiger partial charge in [-0.15, -0.1) is 0 Å². The molecule has 0 saturated heterocycles. The predicted molar refractivity (Wildman–Crippen MR) is 129 cm³/mol. The lowest BCUT2D eigenvalue weighted by atomic mass is 9.83. The normalized spacial score (nSPS) is 18.9. The van der Waals surface area contributed by atoms with Gasteiger partial charge in [0.1, 0.15) is 16.4 Å². The molecule has 2 aromatic heterocycles. The molecule has 188 valence electrons. The van der Waals surface area contributed by atoms with Gasteiger partial charge in [-0.1, -0.05) is 52.1 Å². The van der Waals surface area contributed by atoms with Gasteiger partial charge in [0.25, 0.3) is 5.91 Å². The Hall–Kier alpha value is -2.22. The number of rotatable bonds is 8. The molecule has 0 bridgehead atoms. The second-order valence-corrected chi connectivity index (χ2v) is 10.8. The Kier molecular flexibility index (Phi) is 8.55. The van der Waals surface area contributed by atoms with E-state index in [1.807, 2.05) is 6.92 Å². The molecule has 1 aliphatic rings. The zero-order valence-electron chi connectivity index (χ0n) is 20.6. The fourth-order valence-electron chi connectivity index (χ4n) is 4.45. The van der Waals surface area contributed by atoms with Gasteiger partial charge in [-0.3, -0.25) is 14.5 Å². The minimum atomic E-state index is -3.02. The van der Waals surface area contributed by atoms with E-state index in [4.69, 9.17) is 16.3 Å². The van der Waals surface area contributed by atoms with E-state index in [1.165, 1.54) is 17.5 Å². The first-order chi connectivity index (χ1) is 16.0. The fraction of sp³-hybridized carbons (Fsp3) is 0.640. The molecule has 0 aliphatic heterocycles. The summed E-state index contributed by atoms with van der Waals surface area (Å²) in [5.41, 5.74) is 1.20. The number of carbonyl (C=O) groups is 1. The number of aryl methyl sites for hydroxylation is 1. The number of alkyl halides is 2. The number of pyridine rings is 1. The van der Waals surface area contributed by atoms with Crippen LogP contribution < -0.4 is 10.1 Å². The molecule has 3 rings (SSSR count). The van der Waals surface area contributed by atoms with Gasteiger partial charge in [0.2, 0.25) is 0 Å². The molecular weight excluding hydrogens is 462 g/mol. The summed E-state index contributed by atoms with van der Waals surface area (Å²) in [5.74, 6) is 0.708. The number of halogens is 3. The lowest BCUT2D eigenvalue weighted by Crippen LogP contribution is -2.31. The molecule has 1 aliphatic carbocycles.